The lowest BCUT2D eigenvalue weighted by molar-refractivity contribution is -0.113. The van der Waals surface area contributed by atoms with E-state index in [1.54, 1.807) is 0 Å². The first kappa shape index (κ1) is 17.0. The van der Waals surface area contributed by atoms with Crippen LogP contribution in [0.25, 0.3) is 11.0 Å². The number of imidazole rings is 1. The van der Waals surface area contributed by atoms with Crippen molar-refractivity contribution < 1.29 is 4.79 Å². The van der Waals surface area contributed by atoms with Crippen LogP contribution in [-0.4, -0.2) is 21.2 Å². The molecule has 1 aromatic heterocycles. The van der Waals surface area contributed by atoms with Crippen molar-refractivity contribution in [1.82, 2.24) is 9.55 Å². The molecular formula is C18H16IN3OS. The van der Waals surface area contributed by atoms with Crippen LogP contribution < -0.4 is 5.32 Å². The monoisotopic (exact) mass is 449 g/mol. The molecule has 0 unspecified atom stereocenters. The predicted molar refractivity (Wildman–Crippen MR) is 108 cm³/mol. The second kappa shape index (κ2) is 7.85. The highest BCUT2D eigenvalue weighted by atomic mass is 127. The number of hydrogen-bond acceptors (Lipinski definition) is 3. The van der Waals surface area contributed by atoms with E-state index in [0.29, 0.717) is 12.3 Å². The average molecular weight is 449 g/mol. The first-order chi connectivity index (χ1) is 11.7. The molecule has 3 aromatic rings. The van der Waals surface area contributed by atoms with Crippen molar-refractivity contribution in [3.8, 4) is 0 Å². The van der Waals surface area contributed by atoms with E-state index in [9.17, 15) is 4.79 Å². The summed E-state index contributed by atoms with van der Waals surface area (Å²) >= 11 is 3.65. The lowest BCUT2D eigenvalue weighted by Crippen LogP contribution is -2.15. The first-order valence-electron chi connectivity index (χ1n) is 7.42. The molecule has 0 aliphatic carbocycles. The highest BCUT2D eigenvalue weighted by molar-refractivity contribution is 14.1. The Kier molecular flexibility index (Phi) is 5.57. The number of rotatable bonds is 6. The van der Waals surface area contributed by atoms with Crippen LogP contribution in [0.5, 0.6) is 0 Å². The SMILES string of the molecule is C=CCn1c(SCC(=O)Nc2ccccc2I)nc2ccccc21. The number of benzene rings is 2. The minimum Gasteiger partial charge on any atom is -0.324 e. The zero-order chi connectivity index (χ0) is 16.9. The third-order valence-corrected chi connectivity index (χ3v) is 5.33. The van der Waals surface area contributed by atoms with E-state index in [-0.39, 0.29) is 5.91 Å². The van der Waals surface area contributed by atoms with Crippen molar-refractivity contribution in [2.24, 2.45) is 0 Å². The number of nitrogens with one attached hydrogen (secondary N) is 1. The van der Waals surface area contributed by atoms with Crippen LogP contribution in [0.15, 0.2) is 66.3 Å². The number of fused-ring (bicyclic) bond motifs is 1. The molecule has 1 heterocycles. The lowest BCUT2D eigenvalue weighted by Gasteiger charge is -2.08. The maximum absolute atomic E-state index is 12.2. The summed E-state index contributed by atoms with van der Waals surface area (Å²) in [5, 5.41) is 3.77. The fourth-order valence-electron chi connectivity index (χ4n) is 2.35. The van der Waals surface area contributed by atoms with Gasteiger partial charge in [0, 0.05) is 10.1 Å². The van der Waals surface area contributed by atoms with Gasteiger partial charge in [0.1, 0.15) is 0 Å². The standard InChI is InChI=1S/C18H16IN3OS/c1-2-11-22-16-10-6-5-9-15(16)21-18(22)24-12-17(23)20-14-8-4-3-7-13(14)19/h2-10H,1,11-12H2,(H,20,23). The molecule has 0 saturated heterocycles. The maximum atomic E-state index is 12.2. The molecule has 6 heteroatoms. The maximum Gasteiger partial charge on any atom is 0.234 e. The van der Waals surface area contributed by atoms with Crippen LogP contribution in [-0.2, 0) is 11.3 Å². The number of carbonyl (C=O) groups excluding carboxylic acids is 1. The lowest BCUT2D eigenvalue weighted by atomic mass is 10.3. The summed E-state index contributed by atoms with van der Waals surface area (Å²) in [7, 11) is 0. The van der Waals surface area contributed by atoms with Gasteiger partial charge >= 0.3 is 0 Å². The predicted octanol–water partition coefficient (Wildman–Crippen LogP) is 4.56. The largest absolute Gasteiger partial charge is 0.324 e. The van der Waals surface area contributed by atoms with Gasteiger partial charge < -0.3 is 9.88 Å². The van der Waals surface area contributed by atoms with E-state index < -0.39 is 0 Å². The number of thioether (sulfide) groups is 1. The van der Waals surface area contributed by atoms with Gasteiger partial charge in [-0.05, 0) is 46.9 Å². The number of allylic oxidation sites excluding steroid dienone is 1. The number of hydrogen-bond donors (Lipinski definition) is 1. The highest BCUT2D eigenvalue weighted by Crippen LogP contribution is 2.24. The molecule has 3 rings (SSSR count). The van der Waals surface area contributed by atoms with Gasteiger partial charge in [-0.25, -0.2) is 4.98 Å². The number of halogens is 1. The molecule has 0 aliphatic rings. The van der Waals surface area contributed by atoms with Gasteiger partial charge in [0.2, 0.25) is 5.91 Å². The Balaban J connectivity index is 1.73. The van der Waals surface area contributed by atoms with E-state index in [0.717, 1.165) is 25.4 Å². The zero-order valence-corrected chi connectivity index (χ0v) is 15.9. The Morgan fingerprint density at radius 2 is 2.00 bits per heavy atom. The molecule has 24 heavy (non-hydrogen) atoms. The molecule has 0 spiro atoms. The second-order valence-corrected chi connectivity index (χ2v) is 7.20. The number of carbonyl (C=O) groups is 1. The molecule has 0 fully saturated rings. The van der Waals surface area contributed by atoms with Crippen LogP contribution >= 0.6 is 34.4 Å². The van der Waals surface area contributed by atoms with Gasteiger partial charge in [-0.3, -0.25) is 4.79 Å². The van der Waals surface area contributed by atoms with Gasteiger partial charge in [-0.2, -0.15) is 0 Å². The summed E-state index contributed by atoms with van der Waals surface area (Å²) < 4.78 is 3.10. The van der Waals surface area contributed by atoms with Gasteiger partial charge in [-0.15, -0.1) is 6.58 Å². The molecule has 2 aromatic carbocycles. The number of aromatic nitrogens is 2. The number of amides is 1. The minimum absolute atomic E-state index is 0.0404. The number of anilines is 1. The molecule has 4 nitrogen and oxygen atoms in total. The van der Waals surface area contributed by atoms with Gasteiger partial charge in [0.15, 0.2) is 5.16 Å². The topological polar surface area (TPSA) is 46.9 Å². The van der Waals surface area contributed by atoms with E-state index in [1.165, 1.54) is 11.8 Å². The Labute approximate surface area is 158 Å². The van der Waals surface area contributed by atoms with Crippen LogP contribution in [0, 0.1) is 3.57 Å². The van der Waals surface area contributed by atoms with E-state index in [4.69, 9.17) is 0 Å². The van der Waals surface area contributed by atoms with Crippen LogP contribution in [0.1, 0.15) is 0 Å². The van der Waals surface area contributed by atoms with Crippen molar-refractivity contribution in [3.63, 3.8) is 0 Å². The zero-order valence-electron chi connectivity index (χ0n) is 12.9. The first-order valence-corrected chi connectivity index (χ1v) is 9.49. The summed E-state index contributed by atoms with van der Waals surface area (Å²) in [4.78, 5) is 16.9. The Morgan fingerprint density at radius 3 is 2.79 bits per heavy atom. The van der Waals surface area contributed by atoms with Crippen molar-refractivity contribution in [2.75, 3.05) is 11.1 Å². The summed E-state index contributed by atoms with van der Waals surface area (Å²) in [5.41, 5.74) is 2.82. The van der Waals surface area contributed by atoms with Gasteiger partial charge in [0.05, 0.1) is 22.5 Å². The molecule has 122 valence electrons. The summed E-state index contributed by atoms with van der Waals surface area (Å²) in [6, 6.07) is 15.7. The summed E-state index contributed by atoms with van der Waals surface area (Å²) in [5.74, 6) is 0.271. The van der Waals surface area contributed by atoms with Gasteiger partial charge in [-0.1, -0.05) is 42.1 Å². The van der Waals surface area contributed by atoms with Crippen LogP contribution in [0.4, 0.5) is 5.69 Å². The third-order valence-electron chi connectivity index (χ3n) is 3.41. The smallest absolute Gasteiger partial charge is 0.234 e. The van der Waals surface area contributed by atoms with Crippen LogP contribution in [0.2, 0.25) is 0 Å². The molecule has 1 N–H and O–H groups in total. The van der Waals surface area contributed by atoms with Crippen LogP contribution in [0.3, 0.4) is 0 Å². The van der Waals surface area contributed by atoms with Crippen molar-refractivity contribution in [2.45, 2.75) is 11.7 Å². The van der Waals surface area contributed by atoms with Gasteiger partial charge in [0.25, 0.3) is 0 Å². The van der Waals surface area contributed by atoms with Crippen molar-refractivity contribution in [3.05, 3.63) is 64.8 Å². The normalized spacial score (nSPS) is 10.7. The Morgan fingerprint density at radius 1 is 1.25 bits per heavy atom. The highest BCUT2D eigenvalue weighted by Gasteiger charge is 2.12. The quantitative estimate of drug-likeness (QED) is 0.341. The van der Waals surface area contributed by atoms with Crippen molar-refractivity contribution >= 4 is 57.0 Å². The van der Waals surface area contributed by atoms with E-state index >= 15 is 0 Å². The Bertz CT molecular complexity index is 891. The average Bonchev–Trinajstić information content (AvgIpc) is 2.93. The fourth-order valence-corrected chi connectivity index (χ4v) is 3.69. The van der Waals surface area contributed by atoms with Crippen molar-refractivity contribution in [1.29, 1.82) is 0 Å². The van der Waals surface area contributed by atoms with E-state index in [2.05, 4.69) is 44.0 Å². The summed E-state index contributed by atoms with van der Waals surface area (Å²) in [6.45, 7) is 4.47. The molecule has 0 radical (unpaired) electrons. The van der Waals surface area contributed by atoms with E-state index in [1.807, 2.05) is 54.6 Å². The molecule has 0 bridgehead atoms. The number of nitrogens with zero attached hydrogens (tertiary/aromatic N) is 2. The molecule has 1 amide bonds. The molecule has 0 saturated carbocycles. The molecule has 0 atom stereocenters. The third kappa shape index (κ3) is 3.81. The molecular weight excluding hydrogens is 433 g/mol. The second-order valence-electron chi connectivity index (χ2n) is 5.10. The number of para-hydroxylation sites is 3. The summed E-state index contributed by atoms with van der Waals surface area (Å²) in [6.07, 6.45) is 1.84. The Hall–Kier alpha value is -1.80. The molecule has 0 aliphatic heterocycles. The fraction of sp³-hybridized carbons (Fsp3) is 0.111. The minimum atomic E-state index is -0.0404.